The smallest absolute Gasteiger partial charge is 0.295 e. The van der Waals surface area contributed by atoms with Crippen molar-refractivity contribution in [2.45, 2.75) is 13.3 Å². The molecule has 0 radical (unpaired) electrons. The third-order valence-corrected chi connectivity index (χ3v) is 3.46. The van der Waals surface area contributed by atoms with Crippen LogP contribution >= 0.6 is 0 Å². The normalized spacial score (nSPS) is 14.2. The molecule has 0 bridgehead atoms. The van der Waals surface area contributed by atoms with E-state index in [1.165, 1.54) is 24.3 Å². The molecule has 1 aliphatic heterocycles. The van der Waals surface area contributed by atoms with Crippen LogP contribution in [0.2, 0.25) is 0 Å². The van der Waals surface area contributed by atoms with Crippen molar-refractivity contribution >= 4 is 17.6 Å². The molecule has 0 N–H and O–H groups in total. The lowest BCUT2D eigenvalue weighted by Crippen LogP contribution is -2.29. The number of hydroxylamine groups is 2. The maximum Gasteiger partial charge on any atom is 0.295 e. The number of fused-ring (bicyclic) bond motifs is 1. The summed E-state index contributed by atoms with van der Waals surface area (Å²) in [5.74, 6) is -1.04. The predicted molar refractivity (Wildman–Crippen MR) is 82.7 cm³/mol. The second-order valence-corrected chi connectivity index (χ2v) is 5.03. The highest BCUT2D eigenvalue weighted by molar-refractivity contribution is 6.20. The van der Waals surface area contributed by atoms with Gasteiger partial charge in [-0.05, 0) is 48.9 Å². The van der Waals surface area contributed by atoms with E-state index in [0.717, 1.165) is 5.06 Å². The van der Waals surface area contributed by atoms with Gasteiger partial charge >= 0.3 is 0 Å². The molecule has 4 nitrogen and oxygen atoms in total. The van der Waals surface area contributed by atoms with Crippen LogP contribution in [0, 0.1) is 5.82 Å². The summed E-state index contributed by atoms with van der Waals surface area (Å²) < 4.78 is 13.1. The van der Waals surface area contributed by atoms with Crippen molar-refractivity contribution in [2.24, 2.45) is 0 Å². The van der Waals surface area contributed by atoms with Gasteiger partial charge in [0.1, 0.15) is 5.82 Å². The van der Waals surface area contributed by atoms with Crippen LogP contribution in [0.3, 0.4) is 0 Å². The minimum absolute atomic E-state index is 0.312. The number of benzene rings is 2. The predicted octanol–water partition coefficient (Wildman–Crippen LogP) is 3.80. The molecule has 0 aromatic heterocycles. The Kier molecular flexibility index (Phi) is 3.93. The molecule has 1 heterocycles. The molecule has 3 rings (SSSR count). The van der Waals surface area contributed by atoms with Gasteiger partial charge in [0.15, 0.2) is 5.76 Å². The first-order valence-corrected chi connectivity index (χ1v) is 7.23. The maximum atomic E-state index is 13.1. The lowest BCUT2D eigenvalue weighted by molar-refractivity contribution is -0.0319. The minimum atomic E-state index is -0.505. The van der Waals surface area contributed by atoms with Gasteiger partial charge in [-0.1, -0.05) is 24.1 Å². The maximum absolute atomic E-state index is 13.1. The van der Waals surface area contributed by atoms with E-state index in [1.807, 2.05) is 6.92 Å². The number of carbonyl (C=O) groups excluding carboxylic acids is 2. The third-order valence-electron chi connectivity index (χ3n) is 3.46. The number of halogens is 1. The van der Waals surface area contributed by atoms with Crippen molar-refractivity contribution < 1.29 is 18.8 Å². The number of nitrogens with zero attached hydrogens (tertiary/aromatic N) is 1. The van der Waals surface area contributed by atoms with Gasteiger partial charge in [0.25, 0.3) is 11.8 Å². The van der Waals surface area contributed by atoms with Gasteiger partial charge in [-0.3, -0.25) is 9.59 Å². The van der Waals surface area contributed by atoms with E-state index < -0.39 is 11.8 Å². The van der Waals surface area contributed by atoms with Crippen LogP contribution in [0.4, 0.5) is 4.39 Å². The van der Waals surface area contributed by atoms with Crippen LogP contribution in [-0.2, 0) is 4.84 Å². The van der Waals surface area contributed by atoms with E-state index in [9.17, 15) is 14.0 Å². The fourth-order valence-corrected chi connectivity index (χ4v) is 2.36. The van der Waals surface area contributed by atoms with Crippen molar-refractivity contribution in [1.82, 2.24) is 5.06 Å². The molecule has 0 unspecified atom stereocenters. The fourth-order valence-electron chi connectivity index (χ4n) is 2.36. The Morgan fingerprint density at radius 1 is 1.04 bits per heavy atom. The lowest BCUT2D eigenvalue weighted by atomic mass is 10.1. The monoisotopic (exact) mass is 311 g/mol. The summed E-state index contributed by atoms with van der Waals surface area (Å²) in [7, 11) is 0. The van der Waals surface area contributed by atoms with E-state index in [0.29, 0.717) is 28.9 Å². The SMILES string of the molecule is CCC=C(ON1C(=O)c2ccccc2C1=O)c1ccc(F)cc1. The van der Waals surface area contributed by atoms with Gasteiger partial charge in [-0.2, -0.15) is 0 Å². The molecule has 0 fully saturated rings. The first-order chi connectivity index (χ1) is 11.1. The highest BCUT2D eigenvalue weighted by atomic mass is 19.1. The van der Waals surface area contributed by atoms with Crippen LogP contribution in [-0.4, -0.2) is 16.9 Å². The Bertz CT molecular complexity index is 761. The Hall–Kier alpha value is -2.95. The Morgan fingerprint density at radius 2 is 1.61 bits per heavy atom. The van der Waals surface area contributed by atoms with Gasteiger partial charge in [-0.25, -0.2) is 4.39 Å². The molecule has 2 amide bonds. The summed E-state index contributed by atoms with van der Waals surface area (Å²) >= 11 is 0. The van der Waals surface area contributed by atoms with Crippen LogP contribution in [0.1, 0.15) is 39.6 Å². The largest absolute Gasteiger partial charge is 0.368 e. The lowest BCUT2D eigenvalue weighted by Gasteiger charge is -2.17. The minimum Gasteiger partial charge on any atom is -0.368 e. The summed E-state index contributed by atoms with van der Waals surface area (Å²) in [5.41, 5.74) is 1.21. The topological polar surface area (TPSA) is 46.6 Å². The number of allylic oxidation sites excluding steroid dienone is 1. The van der Waals surface area contributed by atoms with Gasteiger partial charge in [0.05, 0.1) is 11.1 Å². The summed E-state index contributed by atoms with van der Waals surface area (Å²) in [6.45, 7) is 1.90. The molecular formula is C18H14FNO3. The number of carbonyl (C=O) groups is 2. The second kappa shape index (κ2) is 6.04. The second-order valence-electron chi connectivity index (χ2n) is 5.03. The number of rotatable bonds is 4. The van der Waals surface area contributed by atoms with Crippen LogP contribution in [0.15, 0.2) is 54.6 Å². The van der Waals surface area contributed by atoms with Gasteiger partial charge < -0.3 is 4.84 Å². The van der Waals surface area contributed by atoms with Gasteiger partial charge in [0.2, 0.25) is 0 Å². The van der Waals surface area contributed by atoms with E-state index in [-0.39, 0.29) is 5.82 Å². The van der Waals surface area contributed by atoms with Crippen LogP contribution in [0.5, 0.6) is 0 Å². The average Bonchev–Trinajstić information content (AvgIpc) is 2.80. The molecule has 0 spiro atoms. The molecule has 2 aromatic rings. The van der Waals surface area contributed by atoms with E-state index in [1.54, 1.807) is 30.3 Å². The van der Waals surface area contributed by atoms with E-state index in [2.05, 4.69) is 0 Å². The Labute approximate surface area is 132 Å². The summed E-state index contributed by atoms with van der Waals surface area (Å²) in [6.07, 6.45) is 2.37. The zero-order chi connectivity index (χ0) is 16.4. The number of imide groups is 1. The zero-order valence-electron chi connectivity index (χ0n) is 12.5. The highest BCUT2D eigenvalue weighted by Crippen LogP contribution is 2.27. The Morgan fingerprint density at radius 3 is 2.13 bits per heavy atom. The number of hydrogen-bond donors (Lipinski definition) is 0. The molecule has 0 atom stereocenters. The highest BCUT2D eigenvalue weighted by Gasteiger charge is 2.37. The summed E-state index contributed by atoms with van der Waals surface area (Å²) in [6, 6.07) is 12.2. The molecule has 2 aromatic carbocycles. The van der Waals surface area contributed by atoms with Gasteiger partial charge in [0, 0.05) is 5.56 Å². The fraction of sp³-hybridized carbons (Fsp3) is 0.111. The van der Waals surface area contributed by atoms with Crippen LogP contribution < -0.4 is 0 Å². The van der Waals surface area contributed by atoms with Gasteiger partial charge in [-0.15, -0.1) is 0 Å². The molecule has 0 aliphatic carbocycles. The molecule has 1 aliphatic rings. The Balaban J connectivity index is 1.91. The molecule has 5 heteroatoms. The van der Waals surface area contributed by atoms with Crippen LogP contribution in [0.25, 0.3) is 5.76 Å². The summed E-state index contributed by atoms with van der Waals surface area (Å²) in [5, 5.41) is 0.746. The quantitative estimate of drug-likeness (QED) is 0.637. The molecule has 0 saturated heterocycles. The first-order valence-electron chi connectivity index (χ1n) is 7.23. The third kappa shape index (κ3) is 2.73. The zero-order valence-corrected chi connectivity index (χ0v) is 12.5. The number of amides is 2. The van der Waals surface area contributed by atoms with Crippen molar-refractivity contribution in [3.63, 3.8) is 0 Å². The molecule has 0 saturated carbocycles. The first kappa shape index (κ1) is 15.0. The molecule has 23 heavy (non-hydrogen) atoms. The molecular weight excluding hydrogens is 297 g/mol. The van der Waals surface area contributed by atoms with Crippen molar-refractivity contribution in [2.75, 3.05) is 0 Å². The van der Waals surface area contributed by atoms with Crippen molar-refractivity contribution in [1.29, 1.82) is 0 Å². The van der Waals surface area contributed by atoms with E-state index >= 15 is 0 Å². The summed E-state index contributed by atoms with van der Waals surface area (Å²) in [4.78, 5) is 30.2. The standard InChI is InChI=1S/C18H14FNO3/c1-2-5-16(12-8-10-13(19)11-9-12)23-20-17(21)14-6-3-4-7-15(14)18(20)22/h3-11H,2H2,1H3. The van der Waals surface area contributed by atoms with E-state index in [4.69, 9.17) is 4.84 Å². The molecule has 116 valence electrons. The van der Waals surface area contributed by atoms with Crippen molar-refractivity contribution in [3.05, 3.63) is 77.1 Å². The average molecular weight is 311 g/mol. The number of hydrogen-bond acceptors (Lipinski definition) is 3. The van der Waals surface area contributed by atoms with Crippen molar-refractivity contribution in [3.8, 4) is 0 Å².